The largest absolute Gasteiger partial charge is 0.475 e. The van der Waals surface area contributed by atoms with Gasteiger partial charge in [0, 0.05) is 11.6 Å². The van der Waals surface area contributed by atoms with Crippen molar-refractivity contribution < 1.29 is 13.9 Å². The molecule has 0 N–H and O–H groups in total. The van der Waals surface area contributed by atoms with Crippen LogP contribution in [0.15, 0.2) is 66.4 Å². The van der Waals surface area contributed by atoms with Crippen LogP contribution in [-0.2, 0) is 15.1 Å². The third-order valence-electron chi connectivity index (χ3n) is 3.94. The lowest BCUT2D eigenvalue weighted by atomic mass is 9.92. The summed E-state index contributed by atoms with van der Waals surface area (Å²) < 4.78 is 18.9. The summed E-state index contributed by atoms with van der Waals surface area (Å²) in [4.78, 5) is 12.3. The van der Waals surface area contributed by atoms with Gasteiger partial charge in [-0.15, -0.1) is 0 Å². The minimum Gasteiger partial charge on any atom is -0.475 e. The number of nitriles is 1. The Morgan fingerprint density at radius 1 is 1.08 bits per heavy atom. The number of carbonyl (C=O) groups is 1. The Morgan fingerprint density at radius 3 is 2.38 bits per heavy atom. The molecule has 118 valence electrons. The molecule has 2 aromatic rings. The zero-order chi connectivity index (χ0) is 17.2. The first-order valence-corrected chi connectivity index (χ1v) is 7.41. The molecule has 1 aliphatic rings. The number of hydrogen-bond donors (Lipinski definition) is 0. The smallest absolute Gasteiger partial charge is 0.207 e. The molecule has 24 heavy (non-hydrogen) atoms. The first kappa shape index (κ1) is 15.7. The second kappa shape index (κ2) is 6.13. The number of allylic oxidation sites excluding steroid dienone is 1. The normalized spacial score (nSPS) is 19.9. The molecule has 3 nitrogen and oxygen atoms in total. The van der Waals surface area contributed by atoms with Gasteiger partial charge in [-0.05, 0) is 42.8 Å². The Labute approximate surface area is 139 Å². The lowest BCUT2D eigenvalue weighted by Crippen LogP contribution is -2.29. The Hall–Kier alpha value is -3.19. The topological polar surface area (TPSA) is 50.1 Å². The number of benzene rings is 2. The molecule has 4 heteroatoms. The van der Waals surface area contributed by atoms with E-state index in [0.717, 1.165) is 5.56 Å². The molecule has 2 aromatic carbocycles. The molecule has 0 saturated carbocycles. The summed E-state index contributed by atoms with van der Waals surface area (Å²) in [5.74, 6) is -0.105. The quantitative estimate of drug-likeness (QED) is 0.855. The van der Waals surface area contributed by atoms with E-state index in [1.165, 1.54) is 18.2 Å². The molecule has 0 spiro atoms. The molecule has 0 aliphatic carbocycles. The monoisotopic (exact) mass is 319 g/mol. The van der Waals surface area contributed by atoms with Crippen LogP contribution in [0.1, 0.15) is 23.6 Å². The Morgan fingerprint density at radius 2 is 1.75 bits per heavy atom. The fourth-order valence-corrected chi connectivity index (χ4v) is 2.48. The van der Waals surface area contributed by atoms with Crippen molar-refractivity contribution in [2.24, 2.45) is 0 Å². The van der Waals surface area contributed by atoms with Gasteiger partial charge >= 0.3 is 0 Å². The number of nitrogens with zero attached hydrogens (tertiary/aromatic N) is 1. The fraction of sp³-hybridized carbons (Fsp3) is 0.100. The summed E-state index contributed by atoms with van der Waals surface area (Å²) in [6.45, 7) is 1.67. The van der Waals surface area contributed by atoms with Crippen LogP contribution in [0, 0.1) is 17.1 Å². The van der Waals surface area contributed by atoms with Gasteiger partial charge in [0.15, 0.2) is 5.60 Å². The molecule has 0 amide bonds. The maximum atomic E-state index is 13.1. The average molecular weight is 319 g/mol. The summed E-state index contributed by atoms with van der Waals surface area (Å²) in [6.07, 6.45) is 4.94. The van der Waals surface area contributed by atoms with E-state index < -0.39 is 5.60 Å². The summed E-state index contributed by atoms with van der Waals surface area (Å²) in [5, 5.41) is 8.79. The number of halogens is 1. The number of ketones is 1. The third kappa shape index (κ3) is 2.97. The highest BCUT2D eigenvalue weighted by Gasteiger charge is 2.41. The Balaban J connectivity index is 1.78. The zero-order valence-electron chi connectivity index (χ0n) is 13.0. The Bertz CT molecular complexity index is 873. The van der Waals surface area contributed by atoms with Crippen molar-refractivity contribution in [3.05, 3.63) is 88.9 Å². The second-order valence-corrected chi connectivity index (χ2v) is 5.62. The highest BCUT2D eigenvalue weighted by Crippen LogP contribution is 2.35. The van der Waals surface area contributed by atoms with E-state index in [0.29, 0.717) is 16.9 Å². The fourth-order valence-electron chi connectivity index (χ4n) is 2.48. The summed E-state index contributed by atoms with van der Waals surface area (Å²) in [7, 11) is 0. The van der Waals surface area contributed by atoms with Gasteiger partial charge in [-0.3, -0.25) is 4.79 Å². The minimum atomic E-state index is -1.14. The molecule has 0 bridgehead atoms. The van der Waals surface area contributed by atoms with Gasteiger partial charge in [0.25, 0.3) is 0 Å². The molecule has 1 aliphatic heterocycles. The lowest BCUT2D eigenvalue weighted by Gasteiger charge is -2.23. The van der Waals surface area contributed by atoms with E-state index in [1.54, 1.807) is 43.3 Å². The predicted octanol–water partition coefficient (Wildman–Crippen LogP) is 4.11. The van der Waals surface area contributed by atoms with E-state index in [-0.39, 0.29) is 11.6 Å². The molecular weight excluding hydrogens is 305 g/mol. The average Bonchev–Trinajstić information content (AvgIpc) is 2.89. The maximum absolute atomic E-state index is 13.1. The summed E-state index contributed by atoms with van der Waals surface area (Å²) in [5.41, 5.74) is 0.939. The van der Waals surface area contributed by atoms with Crippen molar-refractivity contribution in [3.63, 3.8) is 0 Å². The van der Waals surface area contributed by atoms with Gasteiger partial charge in [0.1, 0.15) is 11.6 Å². The van der Waals surface area contributed by atoms with Gasteiger partial charge in [0.2, 0.25) is 5.78 Å². The lowest BCUT2D eigenvalue weighted by molar-refractivity contribution is -0.129. The first-order valence-electron chi connectivity index (χ1n) is 7.41. The van der Waals surface area contributed by atoms with Crippen LogP contribution in [0.3, 0.4) is 0 Å². The van der Waals surface area contributed by atoms with E-state index in [1.807, 2.05) is 12.1 Å². The standard InChI is InChI=1S/C20H14FNO2/c1-20(16-7-9-17(21)10-8-16)19(23)12-18(24-20)11-6-14-2-4-15(13-22)5-3-14/h2-12H,1H3/b11-6+. The van der Waals surface area contributed by atoms with Gasteiger partial charge in [0.05, 0.1) is 11.6 Å². The van der Waals surface area contributed by atoms with Crippen LogP contribution in [0.25, 0.3) is 6.08 Å². The van der Waals surface area contributed by atoms with Crippen LogP contribution >= 0.6 is 0 Å². The minimum absolute atomic E-state index is 0.186. The molecule has 0 radical (unpaired) electrons. The van der Waals surface area contributed by atoms with E-state index in [2.05, 4.69) is 6.07 Å². The van der Waals surface area contributed by atoms with E-state index >= 15 is 0 Å². The van der Waals surface area contributed by atoms with Gasteiger partial charge in [-0.1, -0.05) is 30.3 Å². The molecule has 3 rings (SSSR count). The Kier molecular flexibility index (Phi) is 4.01. The summed E-state index contributed by atoms with van der Waals surface area (Å²) in [6, 6.07) is 14.8. The zero-order valence-corrected chi connectivity index (χ0v) is 13.0. The predicted molar refractivity (Wildman–Crippen MR) is 88.1 cm³/mol. The van der Waals surface area contributed by atoms with Crippen LogP contribution in [-0.4, -0.2) is 5.78 Å². The van der Waals surface area contributed by atoms with Crippen molar-refractivity contribution in [1.29, 1.82) is 5.26 Å². The number of carbonyl (C=O) groups excluding carboxylic acids is 1. The SMILES string of the molecule is CC1(c2ccc(F)cc2)OC(/C=C/c2ccc(C#N)cc2)=CC1=O. The number of hydrogen-bond acceptors (Lipinski definition) is 3. The van der Waals surface area contributed by atoms with Crippen LogP contribution in [0.2, 0.25) is 0 Å². The molecule has 1 heterocycles. The van der Waals surface area contributed by atoms with Gasteiger partial charge in [-0.25, -0.2) is 4.39 Å². The van der Waals surface area contributed by atoms with E-state index in [9.17, 15) is 9.18 Å². The van der Waals surface area contributed by atoms with Crippen molar-refractivity contribution in [3.8, 4) is 6.07 Å². The van der Waals surface area contributed by atoms with Crippen molar-refractivity contribution in [1.82, 2.24) is 0 Å². The maximum Gasteiger partial charge on any atom is 0.207 e. The second-order valence-electron chi connectivity index (χ2n) is 5.62. The van der Waals surface area contributed by atoms with Crippen LogP contribution < -0.4 is 0 Å². The highest BCUT2D eigenvalue weighted by atomic mass is 19.1. The first-order chi connectivity index (χ1) is 11.5. The molecule has 0 aromatic heterocycles. The van der Waals surface area contributed by atoms with Crippen molar-refractivity contribution >= 4 is 11.9 Å². The van der Waals surface area contributed by atoms with Gasteiger partial charge < -0.3 is 4.74 Å². The summed E-state index contributed by atoms with van der Waals surface area (Å²) >= 11 is 0. The molecule has 1 unspecified atom stereocenters. The number of ether oxygens (including phenoxy) is 1. The number of rotatable bonds is 3. The van der Waals surface area contributed by atoms with Gasteiger partial charge in [-0.2, -0.15) is 5.26 Å². The third-order valence-corrected chi connectivity index (χ3v) is 3.94. The van der Waals surface area contributed by atoms with Crippen LogP contribution in [0.4, 0.5) is 4.39 Å². The van der Waals surface area contributed by atoms with E-state index in [4.69, 9.17) is 10.00 Å². The highest BCUT2D eigenvalue weighted by molar-refractivity contribution is 6.00. The van der Waals surface area contributed by atoms with Crippen molar-refractivity contribution in [2.45, 2.75) is 12.5 Å². The molecule has 0 fully saturated rings. The molecule has 0 saturated heterocycles. The molecule has 1 atom stereocenters. The molecular formula is C20H14FNO2. The van der Waals surface area contributed by atoms with Crippen molar-refractivity contribution in [2.75, 3.05) is 0 Å². The van der Waals surface area contributed by atoms with Crippen LogP contribution in [0.5, 0.6) is 0 Å².